The van der Waals surface area contributed by atoms with Gasteiger partial charge in [-0.3, -0.25) is 19.7 Å². The van der Waals surface area contributed by atoms with Gasteiger partial charge in [-0.2, -0.15) is 0 Å². The number of aliphatic hydroxyl groups excluding tert-OH is 3. The Morgan fingerprint density at radius 2 is 1.57 bits per heavy atom. The Morgan fingerprint density at radius 3 is 2.26 bits per heavy atom. The molecule has 70 heavy (non-hydrogen) atoms. The van der Waals surface area contributed by atoms with Crippen LogP contribution in [0.25, 0.3) is 0 Å². The third-order valence-corrected chi connectivity index (χ3v) is 17.6. The van der Waals surface area contributed by atoms with Crippen LogP contribution in [0.5, 0.6) is 5.75 Å². The van der Waals surface area contributed by atoms with E-state index >= 15 is 0 Å². The first-order chi connectivity index (χ1) is 33.1. The van der Waals surface area contributed by atoms with E-state index in [-0.39, 0.29) is 59.4 Å². The molecule has 0 radical (unpaired) electrons. The zero-order valence-corrected chi connectivity index (χ0v) is 41.6. The van der Waals surface area contributed by atoms with Crippen molar-refractivity contribution in [1.82, 2.24) is 0 Å². The number of carbonyl (C=O) groups is 3. The predicted molar refractivity (Wildman–Crippen MR) is 254 cm³/mol. The summed E-state index contributed by atoms with van der Waals surface area (Å²) in [6.07, 6.45) is -0.560. The van der Waals surface area contributed by atoms with Crippen molar-refractivity contribution in [2.75, 3.05) is 13.2 Å². The number of allylic oxidation sites excluding steroid dienone is 1. The highest BCUT2D eigenvalue weighted by Crippen LogP contribution is 2.69. The lowest BCUT2D eigenvalue weighted by Crippen LogP contribution is -2.62. The van der Waals surface area contributed by atoms with E-state index in [2.05, 4.69) is 33.8 Å². The van der Waals surface area contributed by atoms with Gasteiger partial charge in [0.1, 0.15) is 23.2 Å². The first-order valence-corrected chi connectivity index (χ1v) is 25.4. The molecule has 3 saturated carbocycles. The summed E-state index contributed by atoms with van der Waals surface area (Å²) in [6.45, 7) is 13.6. The smallest absolute Gasteiger partial charge is 0.338 e. The molecule has 384 valence electrons. The molecule has 6 aliphatic rings. The van der Waals surface area contributed by atoms with E-state index in [1.54, 1.807) is 31.2 Å². The monoisotopic (exact) mass is 975 g/mol. The second-order valence-electron chi connectivity index (χ2n) is 22.2. The van der Waals surface area contributed by atoms with E-state index < -0.39 is 95.2 Å². The van der Waals surface area contributed by atoms with E-state index in [1.165, 1.54) is 29.8 Å². The van der Waals surface area contributed by atoms with E-state index in [0.29, 0.717) is 43.9 Å². The fraction of sp³-hybridized carbons (Fsp3) is 0.685. The van der Waals surface area contributed by atoms with Crippen LogP contribution in [0.4, 0.5) is 5.69 Å². The Balaban J connectivity index is 1.05. The third-order valence-electron chi connectivity index (χ3n) is 17.6. The number of nitro groups is 1. The largest absolute Gasteiger partial charge is 0.453 e. The lowest BCUT2D eigenvalue weighted by atomic mass is 9.46. The second kappa shape index (κ2) is 20.8. The number of esters is 2. The molecule has 4 aliphatic carbocycles. The van der Waals surface area contributed by atoms with Gasteiger partial charge in [-0.05, 0) is 112 Å². The van der Waals surface area contributed by atoms with Crippen LogP contribution in [-0.4, -0.2) is 111 Å². The quantitative estimate of drug-likeness (QED) is 0.0455. The fourth-order valence-electron chi connectivity index (χ4n) is 13.4. The molecule has 2 saturated heterocycles. The number of carbonyl (C=O) groups excluding carboxylic acids is 3. The maximum atomic E-state index is 14.2. The van der Waals surface area contributed by atoms with Gasteiger partial charge in [-0.15, -0.1) is 0 Å². The van der Waals surface area contributed by atoms with E-state index in [4.69, 9.17) is 28.4 Å². The molecule has 16 heteroatoms. The minimum Gasteiger partial charge on any atom is -0.453 e. The van der Waals surface area contributed by atoms with Gasteiger partial charge in [0, 0.05) is 41.7 Å². The first kappa shape index (κ1) is 52.2. The number of hydrogen-bond donors (Lipinski definition) is 4. The van der Waals surface area contributed by atoms with Crippen LogP contribution in [0.1, 0.15) is 122 Å². The third kappa shape index (κ3) is 10.0. The van der Waals surface area contributed by atoms with Crippen molar-refractivity contribution in [2.24, 2.45) is 52.3 Å². The summed E-state index contributed by atoms with van der Waals surface area (Å²) in [6, 6.07) is 11.6. The van der Waals surface area contributed by atoms with E-state index in [9.17, 15) is 44.9 Å². The average molecular weight is 976 g/mol. The second-order valence-corrected chi connectivity index (χ2v) is 22.2. The van der Waals surface area contributed by atoms with Gasteiger partial charge in [0.25, 0.3) is 5.69 Å². The van der Waals surface area contributed by atoms with Crippen molar-refractivity contribution in [3.63, 3.8) is 0 Å². The molecule has 0 amide bonds. The molecule has 17 atom stereocenters. The molecule has 2 aromatic carbocycles. The van der Waals surface area contributed by atoms with Crippen molar-refractivity contribution in [2.45, 2.75) is 167 Å². The Kier molecular flexibility index (Phi) is 15.5. The summed E-state index contributed by atoms with van der Waals surface area (Å²) in [5.74, 6) is -3.32. The van der Waals surface area contributed by atoms with Crippen LogP contribution >= 0.6 is 0 Å². The molecule has 0 bridgehead atoms. The molecular formula is C54H73NO15. The number of non-ortho nitro benzene ring substituents is 1. The SMILES string of the molecule is Cc1ccc(C(=O)OC2C(OC3C(O)COC(O[C@H]4C[C@H]5[C@@H]6CC=C7C[C@@H](O)CC[C@]7(C)C6CC[C@]5(C)[C@@]4(O)[C@H](C)C(=O)CCC(C)C)C3C)OCC(O)C2CC(=O)Oc2ccc([N+](=O)[O-])cc2)cc1. The van der Waals surface area contributed by atoms with Crippen molar-refractivity contribution >= 4 is 23.4 Å². The van der Waals surface area contributed by atoms with Gasteiger partial charge in [0.2, 0.25) is 0 Å². The summed E-state index contributed by atoms with van der Waals surface area (Å²) in [5.41, 5.74) is -0.0820. The highest BCUT2D eigenvalue weighted by molar-refractivity contribution is 5.89. The van der Waals surface area contributed by atoms with Crippen LogP contribution in [-0.2, 0) is 33.3 Å². The number of nitrogens with zero attached hydrogens (tertiary/aromatic N) is 1. The minimum absolute atomic E-state index is 0.00896. The highest BCUT2D eigenvalue weighted by Gasteiger charge is 2.70. The molecule has 2 heterocycles. The Hall–Kier alpha value is -4.13. The molecule has 0 spiro atoms. The number of hydrogen-bond acceptors (Lipinski definition) is 15. The number of aryl methyl sites for hydroxylation is 1. The van der Waals surface area contributed by atoms with Gasteiger partial charge in [-0.1, -0.05) is 70.9 Å². The molecule has 9 unspecified atom stereocenters. The number of benzene rings is 2. The zero-order valence-electron chi connectivity index (χ0n) is 41.6. The number of Topliss-reactive ketones (excluding diaryl/α,β-unsaturated/α-hetero) is 1. The summed E-state index contributed by atoms with van der Waals surface area (Å²) < 4.78 is 37.5. The lowest BCUT2D eigenvalue weighted by molar-refractivity contribution is -0.384. The van der Waals surface area contributed by atoms with Crippen LogP contribution in [0.2, 0.25) is 0 Å². The van der Waals surface area contributed by atoms with Gasteiger partial charge in [0.05, 0.1) is 54.5 Å². The maximum absolute atomic E-state index is 14.2. The Bertz CT molecular complexity index is 2250. The summed E-state index contributed by atoms with van der Waals surface area (Å²) in [5, 5.41) is 58.3. The maximum Gasteiger partial charge on any atom is 0.338 e. The summed E-state index contributed by atoms with van der Waals surface area (Å²) in [4.78, 5) is 52.1. The average Bonchev–Trinajstić information content (AvgIpc) is 3.55. The molecule has 16 nitrogen and oxygen atoms in total. The highest BCUT2D eigenvalue weighted by atomic mass is 16.7. The van der Waals surface area contributed by atoms with Gasteiger partial charge in [-0.25, -0.2) is 4.79 Å². The van der Waals surface area contributed by atoms with E-state index in [0.717, 1.165) is 31.2 Å². The number of fused-ring (bicyclic) bond motifs is 5. The van der Waals surface area contributed by atoms with Crippen LogP contribution in [0.3, 0.4) is 0 Å². The van der Waals surface area contributed by atoms with Crippen LogP contribution in [0.15, 0.2) is 60.2 Å². The summed E-state index contributed by atoms with van der Waals surface area (Å²) >= 11 is 0. The minimum atomic E-state index is -1.58. The van der Waals surface area contributed by atoms with Crippen molar-refractivity contribution < 1.29 is 68.2 Å². The number of ether oxygens (including phenoxy) is 6. The normalized spacial score (nSPS) is 38.6. The van der Waals surface area contributed by atoms with Gasteiger partial charge < -0.3 is 48.8 Å². The molecule has 4 N–H and O–H groups in total. The molecule has 0 aromatic heterocycles. The molecule has 2 aliphatic heterocycles. The van der Waals surface area contributed by atoms with Crippen molar-refractivity contribution in [3.8, 4) is 5.75 Å². The van der Waals surface area contributed by atoms with E-state index in [1.807, 2.05) is 13.8 Å². The standard InChI is InChI=1S/C54H73NO15/c1-29(2)8-19-42(57)32(5)54(62)45(26-41-38-18-13-34-24-36(56)20-22-52(34,6)40(38)21-23-53(41,54)7)68-50-31(4)47(44(59)28-65-50)70-51-48(69-49(61)33-11-9-30(3)10-12-33)39(43(58)27-66-51)25-46(60)67-37-16-14-35(15-17-37)55(63)64/h9-17,29,31-32,36,38-41,43-45,47-48,50-51,56,58-59,62H,8,18-28H2,1-7H3/t31?,32-,36+,38-,39?,40?,41+,43?,44?,45+,47?,48?,50?,51?,52+,53+,54-/m1/s1. The number of aliphatic hydroxyl groups is 4. The predicted octanol–water partition coefficient (Wildman–Crippen LogP) is 7.19. The number of ketones is 1. The lowest BCUT2D eigenvalue weighted by Gasteiger charge is -2.59. The van der Waals surface area contributed by atoms with Crippen molar-refractivity contribution in [1.29, 1.82) is 0 Å². The molecule has 5 fully saturated rings. The first-order valence-electron chi connectivity index (χ1n) is 25.4. The van der Waals surface area contributed by atoms with Gasteiger partial charge >= 0.3 is 11.9 Å². The van der Waals surface area contributed by atoms with Crippen LogP contribution in [0, 0.1) is 69.3 Å². The van der Waals surface area contributed by atoms with Crippen molar-refractivity contribution in [3.05, 3.63) is 81.4 Å². The topological polar surface area (TPSA) is 231 Å². The zero-order chi connectivity index (χ0) is 50.4. The number of rotatable bonds is 15. The van der Waals surface area contributed by atoms with Gasteiger partial charge in [0.15, 0.2) is 18.7 Å². The number of nitro benzene ring substituents is 1. The fourth-order valence-corrected chi connectivity index (χ4v) is 13.4. The molecular weight excluding hydrogens is 903 g/mol. The molecule has 8 rings (SSSR count). The Labute approximate surface area is 410 Å². The van der Waals surface area contributed by atoms with Crippen LogP contribution < -0.4 is 4.74 Å². The Morgan fingerprint density at radius 1 is 0.886 bits per heavy atom. The molecule has 2 aromatic rings. The summed E-state index contributed by atoms with van der Waals surface area (Å²) in [7, 11) is 0.